The lowest BCUT2D eigenvalue weighted by atomic mass is 9.86. The maximum atomic E-state index is 12.5. The summed E-state index contributed by atoms with van der Waals surface area (Å²) in [4.78, 5) is 14.8. The number of nitrogens with one attached hydrogen (secondary N) is 1. The van der Waals surface area contributed by atoms with E-state index in [9.17, 15) is 4.79 Å². The molecule has 1 aliphatic carbocycles. The molecule has 1 atom stereocenters. The zero-order chi connectivity index (χ0) is 11.7. The fourth-order valence-corrected chi connectivity index (χ4v) is 2.92. The van der Waals surface area contributed by atoms with Gasteiger partial charge >= 0.3 is 0 Å². The molecule has 1 aliphatic heterocycles. The van der Waals surface area contributed by atoms with Crippen molar-refractivity contribution in [2.24, 2.45) is 0 Å². The molecule has 1 unspecified atom stereocenters. The molecule has 0 spiro atoms. The quantitative estimate of drug-likeness (QED) is 0.784. The Bertz CT molecular complexity index is 424. The number of carbonyl (C=O) groups is 1. The van der Waals surface area contributed by atoms with Gasteiger partial charge in [0.1, 0.15) is 0 Å². The molecule has 1 heterocycles. The Morgan fingerprint density at radius 2 is 1.94 bits per heavy atom. The molecule has 1 saturated heterocycles. The summed E-state index contributed by atoms with van der Waals surface area (Å²) in [5.41, 5.74) is 2.17. The third-order valence-electron chi connectivity index (χ3n) is 3.86. The Labute approximate surface area is 102 Å². The smallest absolute Gasteiger partial charge is 0.180 e. The topological polar surface area (TPSA) is 32.3 Å². The number of fused-ring (bicyclic) bond motifs is 1. The average Bonchev–Trinajstić information content (AvgIpc) is 2.40. The van der Waals surface area contributed by atoms with Crippen molar-refractivity contribution in [2.75, 3.05) is 26.2 Å². The van der Waals surface area contributed by atoms with Gasteiger partial charge in [0.25, 0.3) is 0 Å². The van der Waals surface area contributed by atoms with Crippen LogP contribution in [0.25, 0.3) is 0 Å². The van der Waals surface area contributed by atoms with Crippen LogP contribution in [0.15, 0.2) is 24.3 Å². The van der Waals surface area contributed by atoms with Gasteiger partial charge in [-0.3, -0.25) is 9.69 Å². The van der Waals surface area contributed by atoms with Crippen LogP contribution in [0, 0.1) is 0 Å². The molecule has 1 aromatic rings. The summed E-state index contributed by atoms with van der Waals surface area (Å²) in [5, 5.41) is 3.33. The number of piperazine rings is 1. The molecule has 17 heavy (non-hydrogen) atoms. The summed E-state index contributed by atoms with van der Waals surface area (Å²) < 4.78 is 0. The molecule has 1 fully saturated rings. The summed E-state index contributed by atoms with van der Waals surface area (Å²) in [5.74, 6) is 0.328. The standard InChI is InChI=1S/C14H18N2O/c17-14-12-4-2-1-3-11(12)5-6-13(14)16-9-7-15-8-10-16/h1-4,13,15H,5-10H2. The molecule has 3 nitrogen and oxygen atoms in total. The van der Waals surface area contributed by atoms with Crippen molar-refractivity contribution in [3.8, 4) is 0 Å². The summed E-state index contributed by atoms with van der Waals surface area (Å²) in [6.07, 6.45) is 2.02. The normalized spacial score (nSPS) is 25.6. The molecule has 3 rings (SSSR count). The van der Waals surface area contributed by atoms with Gasteiger partial charge in [-0.25, -0.2) is 0 Å². The Hall–Kier alpha value is -1.19. The molecule has 90 valence electrons. The number of aryl methyl sites for hydroxylation is 1. The molecule has 0 saturated carbocycles. The molecule has 3 heteroatoms. The highest BCUT2D eigenvalue weighted by Crippen LogP contribution is 2.24. The van der Waals surface area contributed by atoms with Crippen LogP contribution < -0.4 is 5.32 Å². The van der Waals surface area contributed by atoms with Crippen molar-refractivity contribution in [2.45, 2.75) is 18.9 Å². The number of ketones is 1. The van der Waals surface area contributed by atoms with Gasteiger partial charge in [0.05, 0.1) is 6.04 Å². The highest BCUT2D eigenvalue weighted by molar-refractivity contribution is 6.02. The lowest BCUT2D eigenvalue weighted by Crippen LogP contribution is -2.52. The summed E-state index contributed by atoms with van der Waals surface area (Å²) in [6.45, 7) is 4.01. The minimum Gasteiger partial charge on any atom is -0.314 e. The van der Waals surface area contributed by atoms with Crippen LogP contribution in [0.1, 0.15) is 22.3 Å². The van der Waals surface area contributed by atoms with Crippen LogP contribution in [0.3, 0.4) is 0 Å². The third kappa shape index (κ3) is 2.01. The third-order valence-corrected chi connectivity index (χ3v) is 3.86. The Morgan fingerprint density at radius 3 is 2.76 bits per heavy atom. The van der Waals surface area contributed by atoms with Crippen LogP contribution in [-0.2, 0) is 6.42 Å². The van der Waals surface area contributed by atoms with E-state index in [0.717, 1.165) is 44.6 Å². The second-order valence-electron chi connectivity index (χ2n) is 4.86. The number of hydrogen-bond donors (Lipinski definition) is 1. The predicted octanol–water partition coefficient (Wildman–Crippen LogP) is 1.09. The van der Waals surface area contributed by atoms with Gasteiger partial charge in [-0.05, 0) is 18.4 Å². The van der Waals surface area contributed by atoms with Crippen LogP contribution in [0.5, 0.6) is 0 Å². The van der Waals surface area contributed by atoms with Crippen LogP contribution in [-0.4, -0.2) is 42.9 Å². The first kappa shape index (κ1) is 10.9. The Morgan fingerprint density at radius 1 is 1.18 bits per heavy atom. The van der Waals surface area contributed by atoms with Crippen molar-refractivity contribution in [3.63, 3.8) is 0 Å². The number of hydrogen-bond acceptors (Lipinski definition) is 3. The SMILES string of the molecule is O=C1c2ccccc2CCC1N1CCNCC1. The molecular weight excluding hydrogens is 212 g/mol. The minimum atomic E-state index is 0.118. The highest BCUT2D eigenvalue weighted by atomic mass is 16.1. The van der Waals surface area contributed by atoms with E-state index in [1.807, 2.05) is 18.2 Å². The molecule has 1 N–H and O–H groups in total. The predicted molar refractivity (Wildman–Crippen MR) is 67.3 cm³/mol. The summed E-state index contributed by atoms with van der Waals surface area (Å²) in [6, 6.07) is 8.17. The first-order valence-corrected chi connectivity index (χ1v) is 6.43. The molecule has 0 amide bonds. The number of Topliss-reactive ketones (excluding diaryl/α,β-unsaturated/α-hetero) is 1. The maximum Gasteiger partial charge on any atom is 0.180 e. The van der Waals surface area contributed by atoms with E-state index < -0.39 is 0 Å². The van der Waals surface area contributed by atoms with E-state index in [1.165, 1.54) is 5.56 Å². The van der Waals surface area contributed by atoms with Crippen molar-refractivity contribution < 1.29 is 4.79 Å². The summed E-state index contributed by atoms with van der Waals surface area (Å²) >= 11 is 0. The van der Waals surface area contributed by atoms with Crippen molar-refractivity contribution in [1.82, 2.24) is 10.2 Å². The first-order valence-electron chi connectivity index (χ1n) is 6.43. The highest BCUT2D eigenvalue weighted by Gasteiger charge is 2.31. The van der Waals surface area contributed by atoms with Gasteiger partial charge < -0.3 is 5.32 Å². The summed E-state index contributed by atoms with van der Waals surface area (Å²) in [7, 11) is 0. The number of benzene rings is 1. The van der Waals surface area contributed by atoms with Crippen LogP contribution >= 0.6 is 0 Å². The lowest BCUT2D eigenvalue weighted by Gasteiger charge is -2.36. The lowest BCUT2D eigenvalue weighted by molar-refractivity contribution is 0.0766. The largest absolute Gasteiger partial charge is 0.314 e. The monoisotopic (exact) mass is 230 g/mol. The van der Waals surface area contributed by atoms with Gasteiger partial charge in [0.15, 0.2) is 5.78 Å². The number of rotatable bonds is 1. The number of nitrogens with zero attached hydrogens (tertiary/aromatic N) is 1. The molecule has 0 bridgehead atoms. The first-order chi connectivity index (χ1) is 8.36. The van der Waals surface area contributed by atoms with Crippen molar-refractivity contribution in [3.05, 3.63) is 35.4 Å². The van der Waals surface area contributed by atoms with E-state index in [4.69, 9.17) is 0 Å². The molecule has 0 aromatic heterocycles. The molecule has 2 aliphatic rings. The fraction of sp³-hybridized carbons (Fsp3) is 0.500. The Balaban J connectivity index is 1.83. The second kappa shape index (κ2) is 4.59. The van der Waals surface area contributed by atoms with Gasteiger partial charge in [-0.15, -0.1) is 0 Å². The average molecular weight is 230 g/mol. The molecule has 1 aromatic carbocycles. The number of carbonyl (C=O) groups excluding carboxylic acids is 1. The van der Waals surface area contributed by atoms with Crippen molar-refractivity contribution >= 4 is 5.78 Å². The van der Waals surface area contributed by atoms with Gasteiger partial charge in [0, 0.05) is 31.7 Å². The second-order valence-corrected chi connectivity index (χ2v) is 4.86. The van der Waals surface area contributed by atoms with E-state index in [2.05, 4.69) is 16.3 Å². The van der Waals surface area contributed by atoms with Gasteiger partial charge in [-0.1, -0.05) is 24.3 Å². The van der Waals surface area contributed by atoms with Gasteiger partial charge in [0.2, 0.25) is 0 Å². The zero-order valence-corrected chi connectivity index (χ0v) is 9.98. The van der Waals surface area contributed by atoms with E-state index in [1.54, 1.807) is 0 Å². The van der Waals surface area contributed by atoms with Crippen LogP contribution in [0.2, 0.25) is 0 Å². The zero-order valence-electron chi connectivity index (χ0n) is 9.98. The van der Waals surface area contributed by atoms with E-state index in [-0.39, 0.29) is 6.04 Å². The van der Waals surface area contributed by atoms with Crippen molar-refractivity contribution in [1.29, 1.82) is 0 Å². The Kier molecular flexibility index (Phi) is 2.95. The minimum absolute atomic E-state index is 0.118. The maximum absolute atomic E-state index is 12.5. The van der Waals surface area contributed by atoms with Gasteiger partial charge in [-0.2, -0.15) is 0 Å². The van der Waals surface area contributed by atoms with E-state index >= 15 is 0 Å². The molecular formula is C14H18N2O. The van der Waals surface area contributed by atoms with Crippen LogP contribution in [0.4, 0.5) is 0 Å². The molecule has 0 radical (unpaired) electrons. The van der Waals surface area contributed by atoms with E-state index in [0.29, 0.717) is 5.78 Å². The fourth-order valence-electron chi connectivity index (χ4n) is 2.92.